The van der Waals surface area contributed by atoms with Crippen molar-refractivity contribution in [2.24, 2.45) is 0 Å². The number of benzene rings is 2. The van der Waals surface area contributed by atoms with E-state index in [4.69, 9.17) is 4.74 Å². The van der Waals surface area contributed by atoms with E-state index >= 15 is 0 Å². The lowest BCUT2D eigenvalue weighted by Crippen LogP contribution is -2.26. The molecule has 1 aliphatic heterocycles. The number of nitrogens with zero attached hydrogens (tertiary/aromatic N) is 1. The van der Waals surface area contributed by atoms with Gasteiger partial charge in [-0.2, -0.15) is 0 Å². The van der Waals surface area contributed by atoms with Crippen LogP contribution in [0.5, 0.6) is 11.5 Å². The molecule has 0 spiro atoms. The number of aldehydes is 1. The molecule has 1 aliphatic rings. The third kappa shape index (κ3) is 4.11. The average molecular weight is 358 g/mol. The highest BCUT2D eigenvalue weighted by Gasteiger charge is 2.14. The Labute approximate surface area is 150 Å². The minimum absolute atomic E-state index is 0.0390. The maximum Gasteiger partial charge on any atom is 0.412 e. The van der Waals surface area contributed by atoms with Crippen molar-refractivity contribution >= 4 is 18.1 Å². The zero-order valence-corrected chi connectivity index (χ0v) is 14.1. The monoisotopic (exact) mass is 358 g/mol. The van der Waals surface area contributed by atoms with Gasteiger partial charge in [-0.05, 0) is 42.7 Å². The number of halogens is 1. The molecule has 2 aromatic carbocycles. The molecule has 1 fully saturated rings. The number of aromatic hydroxyl groups is 1. The second kappa shape index (κ2) is 7.86. The number of hydrogen-bond donors (Lipinski definition) is 2. The topological polar surface area (TPSA) is 78.9 Å². The molecule has 0 aliphatic carbocycles. The van der Waals surface area contributed by atoms with Crippen molar-refractivity contribution in [2.75, 3.05) is 18.0 Å². The van der Waals surface area contributed by atoms with E-state index in [-0.39, 0.29) is 12.1 Å². The van der Waals surface area contributed by atoms with Crippen molar-refractivity contribution in [1.29, 1.82) is 0 Å². The highest BCUT2D eigenvalue weighted by atomic mass is 19.1. The number of carbonyl (C=O) groups is 2. The van der Waals surface area contributed by atoms with Gasteiger partial charge in [0.05, 0.1) is 5.56 Å². The minimum Gasteiger partial charge on any atom is -0.504 e. The van der Waals surface area contributed by atoms with Gasteiger partial charge in [-0.25, -0.2) is 9.18 Å². The SMILES string of the molecule is O=Cc1cc(CNC(=O)Oc2cccc(N3CCCC3)c2)cc(F)c1O. The molecular weight excluding hydrogens is 339 g/mol. The number of anilines is 1. The van der Waals surface area contributed by atoms with Gasteiger partial charge in [-0.3, -0.25) is 4.79 Å². The number of rotatable bonds is 5. The maximum absolute atomic E-state index is 13.5. The normalized spacial score (nSPS) is 13.5. The predicted octanol–water partition coefficient (Wildman–Crippen LogP) is 3.23. The average Bonchev–Trinajstić information content (AvgIpc) is 3.17. The van der Waals surface area contributed by atoms with Gasteiger partial charge in [0, 0.05) is 31.4 Å². The molecular formula is C19H19FN2O4. The van der Waals surface area contributed by atoms with Crippen LogP contribution in [0.25, 0.3) is 0 Å². The summed E-state index contributed by atoms with van der Waals surface area (Å²) in [5.41, 5.74) is 1.17. The highest BCUT2D eigenvalue weighted by molar-refractivity contribution is 5.79. The summed E-state index contributed by atoms with van der Waals surface area (Å²) in [4.78, 5) is 25.0. The molecule has 3 rings (SSSR count). The number of phenols is 1. The first kappa shape index (κ1) is 17.7. The molecule has 0 radical (unpaired) electrons. The van der Waals surface area contributed by atoms with Crippen molar-refractivity contribution in [3.05, 3.63) is 53.3 Å². The smallest absolute Gasteiger partial charge is 0.412 e. The Balaban J connectivity index is 1.60. The lowest BCUT2D eigenvalue weighted by molar-refractivity contribution is 0.112. The Kier molecular flexibility index (Phi) is 5.36. The molecule has 136 valence electrons. The molecule has 0 bridgehead atoms. The molecule has 0 unspecified atom stereocenters. The van der Waals surface area contributed by atoms with Crippen LogP contribution < -0.4 is 15.0 Å². The van der Waals surface area contributed by atoms with Gasteiger partial charge < -0.3 is 20.1 Å². The molecule has 1 amide bonds. The Morgan fingerprint density at radius 2 is 2.04 bits per heavy atom. The zero-order valence-electron chi connectivity index (χ0n) is 14.1. The molecule has 0 saturated carbocycles. The maximum atomic E-state index is 13.5. The van der Waals surface area contributed by atoms with Crippen molar-refractivity contribution in [2.45, 2.75) is 19.4 Å². The minimum atomic E-state index is -0.918. The molecule has 0 aromatic heterocycles. The van der Waals surface area contributed by atoms with Gasteiger partial charge in [0.15, 0.2) is 17.9 Å². The quantitative estimate of drug-likeness (QED) is 0.803. The van der Waals surface area contributed by atoms with Gasteiger partial charge in [-0.15, -0.1) is 0 Å². The summed E-state index contributed by atoms with van der Waals surface area (Å²) in [7, 11) is 0. The van der Waals surface area contributed by atoms with Crippen LogP contribution in [-0.4, -0.2) is 30.6 Å². The van der Waals surface area contributed by atoms with Gasteiger partial charge in [-0.1, -0.05) is 6.07 Å². The molecule has 0 atom stereocenters. The fraction of sp³-hybridized carbons (Fsp3) is 0.263. The van der Waals surface area contributed by atoms with Crippen LogP contribution in [0.1, 0.15) is 28.8 Å². The van der Waals surface area contributed by atoms with Crippen LogP contribution in [0.2, 0.25) is 0 Å². The van der Waals surface area contributed by atoms with E-state index in [0.29, 0.717) is 17.6 Å². The van der Waals surface area contributed by atoms with E-state index in [1.165, 1.54) is 6.07 Å². The summed E-state index contributed by atoms with van der Waals surface area (Å²) in [6.45, 7) is 1.94. The molecule has 1 heterocycles. The third-order valence-corrected chi connectivity index (χ3v) is 4.22. The molecule has 26 heavy (non-hydrogen) atoms. The summed E-state index contributed by atoms with van der Waals surface area (Å²) in [5, 5.41) is 11.9. The Morgan fingerprint density at radius 1 is 1.27 bits per heavy atom. The van der Waals surface area contributed by atoms with Gasteiger partial charge in [0.25, 0.3) is 0 Å². The number of carbonyl (C=O) groups excluding carboxylic acids is 2. The first-order chi connectivity index (χ1) is 12.6. The van der Waals surface area contributed by atoms with Crippen molar-refractivity contribution in [3.8, 4) is 11.5 Å². The summed E-state index contributed by atoms with van der Waals surface area (Å²) in [5.74, 6) is -1.21. The third-order valence-electron chi connectivity index (χ3n) is 4.22. The highest BCUT2D eigenvalue weighted by Crippen LogP contribution is 2.25. The summed E-state index contributed by atoms with van der Waals surface area (Å²) in [6, 6.07) is 9.63. The van der Waals surface area contributed by atoms with E-state index in [0.717, 1.165) is 37.7 Å². The lowest BCUT2D eigenvalue weighted by atomic mass is 10.1. The molecule has 2 N–H and O–H groups in total. The zero-order chi connectivity index (χ0) is 18.5. The van der Waals surface area contributed by atoms with E-state index in [9.17, 15) is 19.1 Å². The van der Waals surface area contributed by atoms with Crippen LogP contribution in [0, 0.1) is 5.82 Å². The number of nitrogens with one attached hydrogen (secondary N) is 1. The largest absolute Gasteiger partial charge is 0.504 e. The number of ether oxygens (including phenoxy) is 1. The number of hydrogen-bond acceptors (Lipinski definition) is 5. The molecule has 7 heteroatoms. The predicted molar refractivity (Wildman–Crippen MR) is 94.2 cm³/mol. The van der Waals surface area contributed by atoms with Gasteiger partial charge >= 0.3 is 6.09 Å². The standard InChI is InChI=1S/C19H19FN2O4/c20-17-9-13(8-14(12-23)18(17)24)11-21-19(25)26-16-5-3-4-15(10-16)22-6-1-2-7-22/h3-5,8-10,12,24H,1-2,6-7,11H2,(H,21,25). The Morgan fingerprint density at radius 3 is 2.77 bits per heavy atom. The molecule has 2 aromatic rings. The van der Waals surface area contributed by atoms with Crippen LogP contribution in [-0.2, 0) is 6.54 Å². The Hall–Kier alpha value is -3.09. The lowest BCUT2D eigenvalue weighted by Gasteiger charge is -2.18. The fourth-order valence-corrected chi connectivity index (χ4v) is 2.91. The van der Waals surface area contributed by atoms with Gasteiger partial charge in [0.2, 0.25) is 0 Å². The van der Waals surface area contributed by atoms with Crippen molar-refractivity contribution < 1.29 is 23.8 Å². The number of amides is 1. The summed E-state index contributed by atoms with van der Waals surface area (Å²) in [6.07, 6.45) is 1.96. The first-order valence-electron chi connectivity index (χ1n) is 8.34. The second-order valence-electron chi connectivity index (χ2n) is 6.07. The van der Waals surface area contributed by atoms with Gasteiger partial charge in [0.1, 0.15) is 5.75 Å². The summed E-state index contributed by atoms with van der Waals surface area (Å²) < 4.78 is 18.8. The van der Waals surface area contributed by atoms with E-state index < -0.39 is 17.7 Å². The van der Waals surface area contributed by atoms with E-state index in [1.54, 1.807) is 12.1 Å². The fourth-order valence-electron chi connectivity index (χ4n) is 2.91. The molecule has 6 nitrogen and oxygen atoms in total. The first-order valence-corrected chi connectivity index (χ1v) is 8.34. The molecule has 1 saturated heterocycles. The van der Waals surface area contributed by atoms with Crippen molar-refractivity contribution in [3.63, 3.8) is 0 Å². The van der Waals surface area contributed by atoms with Crippen LogP contribution >= 0.6 is 0 Å². The van der Waals surface area contributed by atoms with E-state index in [1.807, 2.05) is 12.1 Å². The van der Waals surface area contributed by atoms with Crippen LogP contribution in [0.15, 0.2) is 36.4 Å². The number of phenolic OH excluding ortho intramolecular Hbond substituents is 1. The van der Waals surface area contributed by atoms with Crippen LogP contribution in [0.3, 0.4) is 0 Å². The second-order valence-corrected chi connectivity index (χ2v) is 6.07. The summed E-state index contributed by atoms with van der Waals surface area (Å²) >= 11 is 0. The van der Waals surface area contributed by atoms with Crippen LogP contribution in [0.4, 0.5) is 14.9 Å². The van der Waals surface area contributed by atoms with Crippen molar-refractivity contribution in [1.82, 2.24) is 5.32 Å². The Bertz CT molecular complexity index is 819. The van der Waals surface area contributed by atoms with E-state index in [2.05, 4.69) is 10.2 Å².